The molecule has 3 rings (SSSR count). The van der Waals surface area contributed by atoms with Gasteiger partial charge in [0.15, 0.2) is 0 Å². The number of carbonyl (C=O) groups is 2. The van der Waals surface area contributed by atoms with E-state index in [1.165, 1.54) is 0 Å². The minimum atomic E-state index is -0.448. The minimum Gasteiger partial charge on any atom is -0.368 e. The number of likely N-dealkylation sites (tertiary alicyclic amines) is 1. The van der Waals surface area contributed by atoms with Crippen LogP contribution in [0.2, 0.25) is 0 Å². The van der Waals surface area contributed by atoms with Gasteiger partial charge in [-0.05, 0) is 24.8 Å². The molecular weight excluding hydrogens is 318 g/mol. The molecule has 3 atom stereocenters. The van der Waals surface area contributed by atoms with Crippen molar-refractivity contribution in [2.24, 2.45) is 18.7 Å². The number of nitrogens with two attached hydrogens (primary N) is 1. The predicted molar refractivity (Wildman–Crippen MR) is 88.1 cm³/mol. The summed E-state index contributed by atoms with van der Waals surface area (Å²) in [5.41, 5.74) is 6.55. The highest BCUT2D eigenvalue weighted by molar-refractivity contribution is 5.88. The lowest BCUT2D eigenvalue weighted by molar-refractivity contribution is -0.144. The Balaban J connectivity index is 0.00000192. The smallest absolute Gasteiger partial charge is 0.240 e. The molecule has 2 amide bonds. The molecule has 0 bridgehead atoms. The number of primary amides is 1. The Kier molecular flexibility index (Phi) is 5.64. The van der Waals surface area contributed by atoms with Crippen molar-refractivity contribution in [3.8, 4) is 0 Å². The van der Waals surface area contributed by atoms with Crippen LogP contribution in [0.3, 0.4) is 0 Å². The second kappa shape index (κ2) is 7.31. The van der Waals surface area contributed by atoms with Crippen molar-refractivity contribution in [3.05, 3.63) is 18.0 Å². The zero-order valence-electron chi connectivity index (χ0n) is 13.3. The molecule has 1 aromatic rings. The van der Waals surface area contributed by atoms with Gasteiger partial charge < -0.3 is 16.0 Å². The Labute approximate surface area is 142 Å². The summed E-state index contributed by atoms with van der Waals surface area (Å²) >= 11 is 0. The van der Waals surface area contributed by atoms with E-state index in [-0.39, 0.29) is 30.2 Å². The van der Waals surface area contributed by atoms with Crippen molar-refractivity contribution in [1.82, 2.24) is 20.0 Å². The largest absolute Gasteiger partial charge is 0.368 e. The van der Waals surface area contributed by atoms with Gasteiger partial charge in [0, 0.05) is 38.8 Å². The maximum atomic E-state index is 13.0. The van der Waals surface area contributed by atoms with Crippen LogP contribution in [0.5, 0.6) is 0 Å². The summed E-state index contributed by atoms with van der Waals surface area (Å²) in [5.74, 6) is -0.389. The maximum absolute atomic E-state index is 13.0. The summed E-state index contributed by atoms with van der Waals surface area (Å²) in [4.78, 5) is 26.3. The van der Waals surface area contributed by atoms with Gasteiger partial charge in [0.25, 0.3) is 0 Å². The zero-order chi connectivity index (χ0) is 15.7. The average Bonchev–Trinajstić information content (AvgIpc) is 3.14. The van der Waals surface area contributed by atoms with Crippen molar-refractivity contribution in [3.63, 3.8) is 0 Å². The average molecular weight is 342 g/mol. The SMILES string of the molecule is Cl.Cn1cc([C@H]2CNC[C@@H]2C(=O)N2CCCCC2C(N)=O)cn1. The molecule has 23 heavy (non-hydrogen) atoms. The molecule has 3 N–H and O–H groups in total. The summed E-state index contributed by atoms with van der Waals surface area (Å²) < 4.78 is 1.75. The number of aromatic nitrogens is 2. The highest BCUT2D eigenvalue weighted by Crippen LogP contribution is 2.31. The van der Waals surface area contributed by atoms with Gasteiger partial charge in [0.1, 0.15) is 6.04 Å². The summed E-state index contributed by atoms with van der Waals surface area (Å²) in [6.07, 6.45) is 6.35. The fraction of sp³-hybridized carbons (Fsp3) is 0.667. The summed E-state index contributed by atoms with van der Waals surface area (Å²) in [7, 11) is 1.87. The molecule has 1 unspecified atom stereocenters. The summed E-state index contributed by atoms with van der Waals surface area (Å²) in [6.45, 7) is 2.03. The number of nitrogens with zero attached hydrogens (tertiary/aromatic N) is 3. The van der Waals surface area contributed by atoms with Gasteiger partial charge in [0.05, 0.1) is 12.1 Å². The van der Waals surface area contributed by atoms with Crippen LogP contribution in [0.1, 0.15) is 30.7 Å². The number of piperidine rings is 1. The third-order valence-corrected chi connectivity index (χ3v) is 4.80. The number of nitrogens with one attached hydrogen (secondary N) is 1. The minimum absolute atomic E-state index is 0. The summed E-state index contributed by atoms with van der Waals surface area (Å²) in [6, 6.07) is -0.448. The Morgan fingerprint density at radius 1 is 1.35 bits per heavy atom. The molecule has 2 fully saturated rings. The monoisotopic (exact) mass is 341 g/mol. The molecule has 2 aliphatic rings. The van der Waals surface area contributed by atoms with E-state index in [4.69, 9.17) is 5.73 Å². The highest BCUT2D eigenvalue weighted by atomic mass is 35.5. The third-order valence-electron chi connectivity index (χ3n) is 4.80. The fourth-order valence-corrected chi connectivity index (χ4v) is 3.62. The lowest BCUT2D eigenvalue weighted by Crippen LogP contribution is -2.53. The van der Waals surface area contributed by atoms with Gasteiger partial charge in [-0.2, -0.15) is 5.10 Å². The number of amides is 2. The molecule has 3 heterocycles. The van der Waals surface area contributed by atoms with Crippen LogP contribution < -0.4 is 11.1 Å². The number of halogens is 1. The van der Waals surface area contributed by atoms with Gasteiger partial charge in [-0.1, -0.05) is 0 Å². The van der Waals surface area contributed by atoms with Crippen LogP contribution >= 0.6 is 12.4 Å². The van der Waals surface area contributed by atoms with Crippen molar-refractivity contribution in [1.29, 1.82) is 0 Å². The Hall–Kier alpha value is -1.60. The van der Waals surface area contributed by atoms with Crippen molar-refractivity contribution in [2.75, 3.05) is 19.6 Å². The molecule has 1 aromatic heterocycles. The molecule has 8 heteroatoms. The van der Waals surface area contributed by atoms with E-state index in [0.717, 1.165) is 24.9 Å². The van der Waals surface area contributed by atoms with E-state index in [9.17, 15) is 9.59 Å². The van der Waals surface area contributed by atoms with Crippen molar-refractivity contribution >= 4 is 24.2 Å². The number of rotatable bonds is 3. The third kappa shape index (κ3) is 3.50. The zero-order valence-corrected chi connectivity index (χ0v) is 14.1. The van der Waals surface area contributed by atoms with Gasteiger partial charge >= 0.3 is 0 Å². The number of hydrogen-bond acceptors (Lipinski definition) is 4. The van der Waals surface area contributed by atoms with Gasteiger partial charge in [0.2, 0.25) is 11.8 Å². The van der Waals surface area contributed by atoms with Crippen LogP contribution in [0, 0.1) is 5.92 Å². The van der Waals surface area contributed by atoms with Crippen LogP contribution in [0.4, 0.5) is 0 Å². The van der Waals surface area contributed by atoms with Crippen molar-refractivity contribution in [2.45, 2.75) is 31.2 Å². The first-order valence-corrected chi connectivity index (χ1v) is 7.87. The van der Waals surface area contributed by atoms with Crippen LogP contribution in [-0.2, 0) is 16.6 Å². The maximum Gasteiger partial charge on any atom is 0.240 e. The number of carbonyl (C=O) groups excluding carboxylic acids is 2. The van der Waals surface area contributed by atoms with Gasteiger partial charge in [-0.25, -0.2) is 0 Å². The highest BCUT2D eigenvalue weighted by Gasteiger charge is 2.40. The number of aryl methyl sites for hydroxylation is 1. The molecule has 0 aromatic carbocycles. The lowest BCUT2D eigenvalue weighted by Gasteiger charge is -2.36. The molecule has 0 radical (unpaired) electrons. The molecule has 0 saturated carbocycles. The second-order valence-corrected chi connectivity index (χ2v) is 6.26. The van der Waals surface area contributed by atoms with E-state index in [2.05, 4.69) is 10.4 Å². The Morgan fingerprint density at radius 2 is 2.13 bits per heavy atom. The number of hydrogen-bond donors (Lipinski definition) is 2. The predicted octanol–water partition coefficient (Wildman–Crippen LogP) is 0.0113. The van der Waals surface area contributed by atoms with Gasteiger partial charge in [-0.3, -0.25) is 14.3 Å². The van der Waals surface area contributed by atoms with E-state index >= 15 is 0 Å². The molecule has 7 nitrogen and oxygen atoms in total. The molecule has 2 saturated heterocycles. The van der Waals surface area contributed by atoms with Crippen molar-refractivity contribution < 1.29 is 9.59 Å². The quantitative estimate of drug-likeness (QED) is 0.810. The van der Waals surface area contributed by atoms with Gasteiger partial charge in [-0.15, -0.1) is 12.4 Å². The van der Waals surface area contributed by atoms with Crippen LogP contribution in [0.25, 0.3) is 0 Å². The molecule has 0 spiro atoms. The first-order valence-electron chi connectivity index (χ1n) is 7.87. The lowest BCUT2D eigenvalue weighted by atomic mass is 9.88. The first kappa shape index (κ1) is 17.7. The van der Waals surface area contributed by atoms with E-state index in [1.54, 1.807) is 9.58 Å². The van der Waals surface area contributed by atoms with E-state index in [0.29, 0.717) is 19.5 Å². The van der Waals surface area contributed by atoms with E-state index in [1.807, 2.05) is 19.4 Å². The molecule has 128 valence electrons. The summed E-state index contributed by atoms with van der Waals surface area (Å²) in [5, 5.41) is 7.49. The van der Waals surface area contributed by atoms with Crippen LogP contribution in [-0.4, -0.2) is 52.2 Å². The Morgan fingerprint density at radius 3 is 2.78 bits per heavy atom. The Bertz CT molecular complexity index is 576. The second-order valence-electron chi connectivity index (χ2n) is 6.26. The standard InChI is InChI=1S/C15H23N5O2.ClH/c1-19-9-10(6-18-19)11-7-17-8-12(11)15(22)20-5-3-2-4-13(20)14(16)21;/h6,9,11-13,17H,2-5,7-8H2,1H3,(H2,16,21);1H/t11-,12+,13?;/m1./s1. The molecule has 2 aliphatic heterocycles. The topological polar surface area (TPSA) is 93.3 Å². The molecule has 0 aliphatic carbocycles. The van der Waals surface area contributed by atoms with E-state index < -0.39 is 11.9 Å². The normalized spacial score (nSPS) is 27.5. The first-order chi connectivity index (χ1) is 10.6. The fourth-order valence-electron chi connectivity index (χ4n) is 3.62. The van der Waals surface area contributed by atoms with Crippen LogP contribution in [0.15, 0.2) is 12.4 Å². The molecular formula is C15H24ClN5O2.